The first-order valence-electron chi connectivity index (χ1n) is 10.8. The molecule has 0 unspecified atom stereocenters. The summed E-state index contributed by atoms with van der Waals surface area (Å²) in [7, 11) is 0. The van der Waals surface area contributed by atoms with Crippen LogP contribution in [0.5, 0.6) is 0 Å². The number of anilines is 2. The van der Waals surface area contributed by atoms with Crippen molar-refractivity contribution in [2.75, 3.05) is 16.8 Å². The summed E-state index contributed by atoms with van der Waals surface area (Å²) >= 11 is 6.47. The van der Waals surface area contributed by atoms with Gasteiger partial charge in [0, 0.05) is 23.7 Å². The number of aryl methyl sites for hydroxylation is 1. The van der Waals surface area contributed by atoms with E-state index in [1.54, 1.807) is 6.07 Å². The van der Waals surface area contributed by atoms with Crippen LogP contribution in [-0.2, 0) is 19.9 Å². The first-order chi connectivity index (χ1) is 15.8. The Morgan fingerprint density at radius 2 is 1.97 bits per heavy atom. The molecule has 4 aliphatic rings. The molecule has 0 aliphatic carbocycles. The van der Waals surface area contributed by atoms with Crippen molar-refractivity contribution < 1.29 is 19.3 Å². The van der Waals surface area contributed by atoms with Crippen molar-refractivity contribution in [3.05, 3.63) is 62.7 Å². The molecule has 0 radical (unpaired) electrons. The summed E-state index contributed by atoms with van der Waals surface area (Å²) in [6.07, 6.45) is 1.49. The van der Waals surface area contributed by atoms with Gasteiger partial charge in [0.05, 0.1) is 33.2 Å². The molecule has 10 heteroatoms. The summed E-state index contributed by atoms with van der Waals surface area (Å²) in [4.78, 5) is 55.0. The van der Waals surface area contributed by atoms with Crippen molar-refractivity contribution in [1.29, 1.82) is 0 Å². The number of halogens is 1. The number of nitrogens with one attached hydrogen (secondary N) is 1. The lowest BCUT2D eigenvalue weighted by Crippen LogP contribution is -2.54. The molecule has 0 bridgehead atoms. The standard InChI is InChI=1S/C23H19ClN4O5/c1-11-8-14-19(15(24)9-11)25-22(31)23(14)18-17(16-6-3-7-26(16)23)20(29)27(21(18)30)12-4-2-5-13(10-12)28(32)33/h2,4-5,8-10,16-18H,3,6-7H2,1H3,(H,25,31)/t16-,17-,18+,23-/m1/s1. The quantitative estimate of drug-likeness (QED) is 0.413. The van der Waals surface area contributed by atoms with E-state index in [0.717, 1.165) is 16.9 Å². The highest BCUT2D eigenvalue weighted by atomic mass is 35.5. The smallest absolute Gasteiger partial charge is 0.271 e. The molecule has 4 heterocycles. The molecule has 2 aromatic carbocycles. The van der Waals surface area contributed by atoms with Gasteiger partial charge in [0.1, 0.15) is 5.54 Å². The Bertz CT molecular complexity index is 1300. The number of hydrogen-bond acceptors (Lipinski definition) is 6. The number of carbonyl (C=O) groups excluding carboxylic acids is 3. The van der Waals surface area contributed by atoms with Gasteiger partial charge in [0.15, 0.2) is 0 Å². The van der Waals surface area contributed by atoms with E-state index in [2.05, 4.69) is 5.32 Å². The van der Waals surface area contributed by atoms with E-state index in [1.165, 1.54) is 24.3 Å². The Kier molecular flexibility index (Phi) is 4.07. The fraction of sp³-hybridized carbons (Fsp3) is 0.348. The maximum atomic E-state index is 13.9. The minimum atomic E-state index is -1.33. The normalized spacial score (nSPS) is 30.1. The summed E-state index contributed by atoms with van der Waals surface area (Å²) < 4.78 is 0. The summed E-state index contributed by atoms with van der Waals surface area (Å²) in [5.41, 5.74) is 0.551. The Morgan fingerprint density at radius 1 is 1.18 bits per heavy atom. The summed E-state index contributed by atoms with van der Waals surface area (Å²) in [5, 5.41) is 14.5. The number of benzene rings is 2. The molecule has 4 atom stereocenters. The van der Waals surface area contributed by atoms with Gasteiger partial charge in [-0.25, -0.2) is 4.90 Å². The van der Waals surface area contributed by atoms with Gasteiger partial charge in [0.25, 0.3) is 11.6 Å². The second-order valence-corrected chi connectivity index (χ2v) is 9.49. The average Bonchev–Trinajstić information content (AvgIpc) is 3.47. The Morgan fingerprint density at radius 3 is 2.73 bits per heavy atom. The van der Waals surface area contributed by atoms with Gasteiger partial charge >= 0.3 is 0 Å². The van der Waals surface area contributed by atoms with Crippen LogP contribution in [0, 0.1) is 28.9 Å². The molecule has 3 amide bonds. The highest BCUT2D eigenvalue weighted by molar-refractivity contribution is 6.35. The van der Waals surface area contributed by atoms with Gasteiger partial charge in [-0.2, -0.15) is 0 Å². The monoisotopic (exact) mass is 466 g/mol. The van der Waals surface area contributed by atoms with Gasteiger partial charge in [-0.1, -0.05) is 23.7 Å². The number of amides is 3. The fourth-order valence-corrected chi connectivity index (χ4v) is 6.72. The number of nitro groups is 1. The van der Waals surface area contributed by atoms with Crippen molar-refractivity contribution in [3.8, 4) is 0 Å². The number of nitrogens with zero attached hydrogens (tertiary/aromatic N) is 3. The van der Waals surface area contributed by atoms with Crippen LogP contribution in [0.1, 0.15) is 24.0 Å². The van der Waals surface area contributed by atoms with Gasteiger partial charge < -0.3 is 5.32 Å². The summed E-state index contributed by atoms with van der Waals surface area (Å²) in [6.45, 7) is 2.46. The Labute approximate surface area is 193 Å². The van der Waals surface area contributed by atoms with E-state index in [0.29, 0.717) is 29.2 Å². The maximum Gasteiger partial charge on any atom is 0.271 e. The molecule has 6 rings (SSSR count). The average molecular weight is 467 g/mol. The highest BCUT2D eigenvalue weighted by Crippen LogP contribution is 2.61. The molecule has 1 spiro atoms. The topological polar surface area (TPSA) is 113 Å². The van der Waals surface area contributed by atoms with Crippen molar-refractivity contribution in [2.45, 2.75) is 31.3 Å². The number of non-ortho nitro benzene ring substituents is 1. The van der Waals surface area contributed by atoms with Crippen molar-refractivity contribution in [3.63, 3.8) is 0 Å². The first-order valence-corrected chi connectivity index (χ1v) is 11.2. The third kappa shape index (κ3) is 2.38. The Hall–Kier alpha value is -3.30. The molecule has 3 saturated heterocycles. The van der Waals surface area contributed by atoms with Crippen molar-refractivity contribution in [2.24, 2.45) is 11.8 Å². The number of fused-ring (bicyclic) bond motifs is 7. The van der Waals surface area contributed by atoms with Gasteiger partial charge in [-0.05, 0) is 44.0 Å². The van der Waals surface area contributed by atoms with Crippen molar-refractivity contribution >= 4 is 46.4 Å². The number of carbonyl (C=O) groups is 3. The third-order valence-corrected chi connectivity index (χ3v) is 7.79. The highest BCUT2D eigenvalue weighted by Gasteiger charge is 2.74. The number of rotatable bonds is 2. The van der Waals surface area contributed by atoms with Gasteiger partial charge in [-0.15, -0.1) is 0 Å². The van der Waals surface area contributed by atoms with Crippen LogP contribution >= 0.6 is 11.6 Å². The lowest BCUT2D eigenvalue weighted by Gasteiger charge is -2.36. The van der Waals surface area contributed by atoms with Gasteiger partial charge in [-0.3, -0.25) is 29.4 Å². The molecule has 2 aromatic rings. The fourth-order valence-electron chi connectivity index (χ4n) is 6.40. The van der Waals surface area contributed by atoms with E-state index in [-0.39, 0.29) is 23.3 Å². The second kappa shape index (κ2) is 6.61. The molecule has 9 nitrogen and oxygen atoms in total. The molecule has 3 fully saturated rings. The summed E-state index contributed by atoms with van der Waals surface area (Å²) in [5.74, 6) is -2.94. The van der Waals surface area contributed by atoms with Crippen LogP contribution in [0.4, 0.5) is 17.1 Å². The predicted octanol–water partition coefficient (Wildman–Crippen LogP) is 2.99. The number of imide groups is 1. The molecule has 0 saturated carbocycles. The molecule has 0 aromatic heterocycles. The third-order valence-electron chi connectivity index (χ3n) is 7.50. The van der Waals surface area contributed by atoms with E-state index in [4.69, 9.17) is 11.6 Å². The zero-order valence-corrected chi connectivity index (χ0v) is 18.3. The molecule has 33 heavy (non-hydrogen) atoms. The lowest BCUT2D eigenvalue weighted by atomic mass is 9.75. The molecular weight excluding hydrogens is 448 g/mol. The van der Waals surface area contributed by atoms with Crippen LogP contribution < -0.4 is 10.2 Å². The van der Waals surface area contributed by atoms with Crippen LogP contribution in [-0.4, -0.2) is 40.1 Å². The number of nitro benzene ring substituents is 1. The van der Waals surface area contributed by atoms with Crippen LogP contribution in [0.2, 0.25) is 5.02 Å². The molecular formula is C23H19ClN4O5. The summed E-state index contributed by atoms with van der Waals surface area (Å²) in [6, 6.07) is 8.83. The SMILES string of the molecule is Cc1cc(Cl)c2c(c1)[C@]1(C(=O)N2)[C@@H]2C(=O)N(c3cccc([N+](=O)[O-])c3)C(=O)[C@@H]2[C@H]2CCCN21. The number of hydrogen-bond donors (Lipinski definition) is 1. The van der Waals surface area contributed by atoms with E-state index in [1.807, 2.05) is 17.9 Å². The second-order valence-electron chi connectivity index (χ2n) is 9.09. The van der Waals surface area contributed by atoms with Crippen molar-refractivity contribution in [1.82, 2.24) is 4.90 Å². The largest absolute Gasteiger partial charge is 0.323 e. The van der Waals surface area contributed by atoms with E-state index < -0.39 is 34.1 Å². The van der Waals surface area contributed by atoms with Crippen LogP contribution in [0.3, 0.4) is 0 Å². The Balaban J connectivity index is 1.55. The zero-order chi connectivity index (χ0) is 23.2. The zero-order valence-electron chi connectivity index (χ0n) is 17.6. The predicted molar refractivity (Wildman–Crippen MR) is 119 cm³/mol. The minimum absolute atomic E-state index is 0.147. The van der Waals surface area contributed by atoms with Gasteiger partial charge in [0.2, 0.25) is 11.8 Å². The lowest BCUT2D eigenvalue weighted by molar-refractivity contribution is -0.384. The van der Waals surface area contributed by atoms with E-state index in [9.17, 15) is 24.5 Å². The van der Waals surface area contributed by atoms with Crippen LogP contribution in [0.25, 0.3) is 0 Å². The maximum absolute atomic E-state index is 13.9. The minimum Gasteiger partial charge on any atom is -0.323 e. The van der Waals surface area contributed by atoms with Crippen LogP contribution in [0.15, 0.2) is 36.4 Å². The molecule has 4 aliphatic heterocycles. The molecule has 1 N–H and O–H groups in total. The first kappa shape index (κ1) is 20.3. The van der Waals surface area contributed by atoms with E-state index >= 15 is 0 Å². The molecule has 168 valence electrons.